The molecule has 4 aromatic rings. The predicted octanol–water partition coefficient (Wildman–Crippen LogP) is 5.32. The number of rotatable bonds is 3. The molecule has 6 heteroatoms. The van der Waals surface area contributed by atoms with Crippen molar-refractivity contribution in [1.82, 2.24) is 19.9 Å². The van der Waals surface area contributed by atoms with Crippen molar-refractivity contribution in [2.45, 2.75) is 18.9 Å². The van der Waals surface area contributed by atoms with Gasteiger partial charge in [0.05, 0.1) is 17.3 Å². The van der Waals surface area contributed by atoms with Gasteiger partial charge in [0.25, 0.3) is 5.91 Å². The number of halogens is 1. The smallest absolute Gasteiger partial charge is 0.273 e. The van der Waals surface area contributed by atoms with E-state index >= 15 is 0 Å². The Bertz CT molecular complexity index is 1240. The molecule has 0 radical (unpaired) electrons. The van der Waals surface area contributed by atoms with Gasteiger partial charge in [0.1, 0.15) is 5.69 Å². The summed E-state index contributed by atoms with van der Waals surface area (Å²) in [7, 11) is 0. The van der Waals surface area contributed by atoms with E-state index in [1.54, 1.807) is 12.3 Å². The number of carbonyl (C=O) groups excluding carboxylic acids is 1. The number of likely N-dealkylation sites (tertiary alicyclic amines) is 1. The first-order chi connectivity index (χ1) is 14.7. The fourth-order valence-corrected chi connectivity index (χ4v) is 4.16. The molecule has 0 saturated carbocycles. The van der Waals surface area contributed by atoms with Crippen molar-refractivity contribution in [2.75, 3.05) is 6.54 Å². The van der Waals surface area contributed by atoms with E-state index in [9.17, 15) is 4.79 Å². The van der Waals surface area contributed by atoms with Gasteiger partial charge in [-0.1, -0.05) is 48.0 Å². The lowest BCUT2D eigenvalue weighted by molar-refractivity contribution is 0.0727. The molecule has 5 rings (SSSR count). The highest BCUT2D eigenvalue weighted by atomic mass is 35.5. The van der Waals surface area contributed by atoms with E-state index in [2.05, 4.69) is 9.97 Å². The minimum absolute atomic E-state index is 0.0637. The number of para-hydroxylation sites is 1. The summed E-state index contributed by atoms with van der Waals surface area (Å²) in [6.45, 7) is 0.689. The molecule has 1 aliphatic heterocycles. The lowest BCUT2D eigenvalue weighted by atomic mass is 10.1. The van der Waals surface area contributed by atoms with Gasteiger partial charge in [-0.2, -0.15) is 0 Å². The zero-order chi connectivity index (χ0) is 20.5. The van der Waals surface area contributed by atoms with E-state index in [1.807, 2.05) is 65.6 Å². The first-order valence-corrected chi connectivity index (χ1v) is 10.3. The lowest BCUT2D eigenvalue weighted by Crippen LogP contribution is -2.31. The van der Waals surface area contributed by atoms with Crippen LogP contribution in [0.3, 0.4) is 0 Å². The monoisotopic (exact) mass is 414 g/mol. The Morgan fingerprint density at radius 3 is 2.80 bits per heavy atom. The molecule has 0 spiro atoms. The van der Waals surface area contributed by atoms with Crippen LogP contribution in [-0.4, -0.2) is 32.3 Å². The number of carbonyl (C=O) groups is 1. The van der Waals surface area contributed by atoms with Gasteiger partial charge in [-0.3, -0.25) is 4.79 Å². The van der Waals surface area contributed by atoms with Crippen molar-refractivity contribution in [3.8, 4) is 11.4 Å². The molecule has 2 aromatic carbocycles. The van der Waals surface area contributed by atoms with Crippen molar-refractivity contribution in [2.24, 2.45) is 0 Å². The molecule has 148 valence electrons. The van der Waals surface area contributed by atoms with Crippen LogP contribution < -0.4 is 0 Å². The summed E-state index contributed by atoms with van der Waals surface area (Å²) in [6.07, 6.45) is 3.54. The molecule has 1 amide bonds. The predicted molar refractivity (Wildman–Crippen MR) is 117 cm³/mol. The molecule has 1 atom stereocenters. The van der Waals surface area contributed by atoms with Crippen LogP contribution in [0.15, 0.2) is 72.9 Å². The fraction of sp³-hybridized carbons (Fsp3) is 0.167. The summed E-state index contributed by atoms with van der Waals surface area (Å²) < 4.78 is 0. The Kier molecular flexibility index (Phi) is 4.89. The van der Waals surface area contributed by atoms with Gasteiger partial charge < -0.3 is 4.90 Å². The summed E-state index contributed by atoms with van der Waals surface area (Å²) in [5, 5.41) is 1.66. The van der Waals surface area contributed by atoms with Crippen LogP contribution in [0.2, 0.25) is 5.02 Å². The standard InChI is InChI=1S/C24H19ClN4O/c25-18-7-3-6-17(15-18)23-26-13-12-20(28-23)22-9-4-14-29(22)24(30)21-11-10-16-5-1-2-8-19(16)27-21/h1-3,5-8,10-13,15,22H,4,9,14H2/t22-/m1/s1. The molecular weight excluding hydrogens is 396 g/mol. The first-order valence-electron chi connectivity index (χ1n) is 9.95. The van der Waals surface area contributed by atoms with Crippen LogP contribution in [0.25, 0.3) is 22.3 Å². The highest BCUT2D eigenvalue weighted by molar-refractivity contribution is 6.30. The minimum atomic E-state index is -0.0910. The highest BCUT2D eigenvalue weighted by Gasteiger charge is 2.32. The molecule has 1 aliphatic rings. The van der Waals surface area contributed by atoms with Crippen LogP contribution >= 0.6 is 11.6 Å². The second-order valence-corrected chi connectivity index (χ2v) is 7.80. The number of amides is 1. The van der Waals surface area contributed by atoms with Gasteiger partial charge in [0.15, 0.2) is 5.82 Å². The molecule has 0 N–H and O–H groups in total. The number of pyridine rings is 1. The Morgan fingerprint density at radius 2 is 1.90 bits per heavy atom. The van der Waals surface area contributed by atoms with Gasteiger partial charge in [0.2, 0.25) is 0 Å². The van der Waals surface area contributed by atoms with E-state index in [-0.39, 0.29) is 11.9 Å². The Hall–Kier alpha value is -3.31. The van der Waals surface area contributed by atoms with Crippen LogP contribution in [-0.2, 0) is 0 Å². The SMILES string of the molecule is O=C(c1ccc2ccccc2n1)N1CCC[C@@H]1c1ccnc(-c2cccc(Cl)c2)n1. The maximum absolute atomic E-state index is 13.3. The maximum atomic E-state index is 13.3. The molecule has 2 aromatic heterocycles. The molecule has 1 saturated heterocycles. The third kappa shape index (κ3) is 3.53. The van der Waals surface area contributed by atoms with Crippen molar-refractivity contribution in [3.05, 3.63) is 89.3 Å². The number of hydrogen-bond acceptors (Lipinski definition) is 4. The highest BCUT2D eigenvalue weighted by Crippen LogP contribution is 2.33. The average molecular weight is 415 g/mol. The van der Waals surface area contributed by atoms with Gasteiger partial charge in [-0.15, -0.1) is 0 Å². The molecule has 0 unspecified atom stereocenters. The third-order valence-electron chi connectivity index (χ3n) is 5.43. The summed E-state index contributed by atoms with van der Waals surface area (Å²) in [5.41, 5.74) is 2.98. The largest absolute Gasteiger partial charge is 0.329 e. The number of hydrogen-bond donors (Lipinski definition) is 0. The molecule has 1 fully saturated rings. The maximum Gasteiger partial charge on any atom is 0.273 e. The zero-order valence-corrected chi connectivity index (χ0v) is 17.0. The number of benzene rings is 2. The Morgan fingerprint density at radius 1 is 1.00 bits per heavy atom. The van der Waals surface area contributed by atoms with E-state index in [4.69, 9.17) is 16.6 Å². The van der Waals surface area contributed by atoms with E-state index in [0.717, 1.165) is 35.0 Å². The molecule has 5 nitrogen and oxygen atoms in total. The van der Waals surface area contributed by atoms with E-state index in [1.165, 1.54) is 0 Å². The van der Waals surface area contributed by atoms with Crippen LogP contribution in [0.4, 0.5) is 0 Å². The van der Waals surface area contributed by atoms with Crippen LogP contribution in [0, 0.1) is 0 Å². The van der Waals surface area contributed by atoms with Gasteiger partial charge >= 0.3 is 0 Å². The van der Waals surface area contributed by atoms with Gasteiger partial charge in [-0.25, -0.2) is 15.0 Å². The van der Waals surface area contributed by atoms with E-state index < -0.39 is 0 Å². The second kappa shape index (κ2) is 7.84. The Balaban J connectivity index is 1.46. The number of fused-ring (bicyclic) bond motifs is 1. The van der Waals surface area contributed by atoms with Gasteiger partial charge in [-0.05, 0) is 43.2 Å². The van der Waals surface area contributed by atoms with Crippen molar-refractivity contribution in [3.63, 3.8) is 0 Å². The summed E-state index contributed by atoms with van der Waals surface area (Å²) in [4.78, 5) is 28.9. The zero-order valence-electron chi connectivity index (χ0n) is 16.2. The van der Waals surface area contributed by atoms with Gasteiger partial charge in [0, 0.05) is 28.7 Å². The van der Waals surface area contributed by atoms with E-state index in [0.29, 0.717) is 23.1 Å². The van der Waals surface area contributed by atoms with Crippen LogP contribution in [0.5, 0.6) is 0 Å². The third-order valence-corrected chi connectivity index (χ3v) is 5.67. The normalized spacial score (nSPS) is 16.2. The lowest BCUT2D eigenvalue weighted by Gasteiger charge is -2.24. The minimum Gasteiger partial charge on any atom is -0.329 e. The summed E-state index contributed by atoms with van der Waals surface area (Å²) in [6, 6.07) is 20.8. The topological polar surface area (TPSA) is 59.0 Å². The van der Waals surface area contributed by atoms with Crippen molar-refractivity contribution >= 4 is 28.4 Å². The molecule has 0 bridgehead atoms. The molecule has 3 heterocycles. The quantitative estimate of drug-likeness (QED) is 0.455. The molecular formula is C24H19ClN4O. The molecule has 0 aliphatic carbocycles. The summed E-state index contributed by atoms with van der Waals surface area (Å²) in [5.74, 6) is 0.546. The number of aromatic nitrogens is 3. The van der Waals surface area contributed by atoms with Crippen LogP contribution in [0.1, 0.15) is 35.1 Å². The number of nitrogens with zero attached hydrogens (tertiary/aromatic N) is 4. The summed E-state index contributed by atoms with van der Waals surface area (Å²) >= 11 is 6.12. The average Bonchev–Trinajstić information content (AvgIpc) is 3.28. The fourth-order valence-electron chi connectivity index (χ4n) is 3.97. The molecule has 30 heavy (non-hydrogen) atoms. The van der Waals surface area contributed by atoms with Crippen molar-refractivity contribution in [1.29, 1.82) is 0 Å². The second-order valence-electron chi connectivity index (χ2n) is 7.36. The Labute approximate surface area is 179 Å². The first kappa shape index (κ1) is 18.7. The van der Waals surface area contributed by atoms with Crippen molar-refractivity contribution < 1.29 is 4.79 Å².